The van der Waals surface area contributed by atoms with Gasteiger partial charge in [-0.1, -0.05) is 47.0 Å². The molecule has 0 fully saturated rings. The molecule has 1 N–H and O–H groups in total. The van der Waals surface area contributed by atoms with Crippen molar-refractivity contribution in [1.29, 1.82) is 0 Å². The highest BCUT2D eigenvalue weighted by Crippen LogP contribution is 2.34. The van der Waals surface area contributed by atoms with E-state index in [1.807, 2.05) is 20.8 Å². The van der Waals surface area contributed by atoms with Crippen LogP contribution in [0.5, 0.6) is 5.88 Å². The van der Waals surface area contributed by atoms with Gasteiger partial charge in [0.25, 0.3) is 5.88 Å². The summed E-state index contributed by atoms with van der Waals surface area (Å²) in [4.78, 5) is 19.3. The molecular formula is C15H26N4O3. The number of ether oxygens (including phenoxy) is 1. The van der Waals surface area contributed by atoms with Crippen molar-refractivity contribution in [2.75, 3.05) is 19.0 Å². The highest BCUT2D eigenvalue weighted by atomic mass is 16.6. The highest BCUT2D eigenvalue weighted by molar-refractivity contribution is 5.62. The lowest BCUT2D eigenvalue weighted by molar-refractivity contribution is -0.385. The van der Waals surface area contributed by atoms with Crippen molar-refractivity contribution in [3.8, 4) is 5.88 Å². The van der Waals surface area contributed by atoms with Gasteiger partial charge in [-0.2, -0.15) is 4.98 Å². The first-order valence-corrected chi connectivity index (χ1v) is 7.66. The Morgan fingerprint density at radius 3 is 2.41 bits per heavy atom. The summed E-state index contributed by atoms with van der Waals surface area (Å²) in [5.41, 5.74) is -0.521. The smallest absolute Gasteiger partial charge is 0.372 e. The van der Waals surface area contributed by atoms with E-state index >= 15 is 0 Å². The van der Waals surface area contributed by atoms with Crippen LogP contribution in [0.4, 0.5) is 11.5 Å². The van der Waals surface area contributed by atoms with Gasteiger partial charge in [0.05, 0.1) is 12.0 Å². The van der Waals surface area contributed by atoms with Crippen molar-refractivity contribution >= 4 is 11.5 Å². The van der Waals surface area contributed by atoms with Crippen molar-refractivity contribution in [3.63, 3.8) is 0 Å². The fourth-order valence-electron chi connectivity index (χ4n) is 1.96. The van der Waals surface area contributed by atoms with Crippen LogP contribution in [-0.2, 0) is 5.41 Å². The largest absolute Gasteiger partial charge is 0.476 e. The number of nitro groups is 1. The monoisotopic (exact) mass is 310 g/mol. The van der Waals surface area contributed by atoms with Gasteiger partial charge in [0.1, 0.15) is 5.82 Å². The minimum Gasteiger partial charge on any atom is -0.476 e. The number of rotatable bonds is 8. The maximum absolute atomic E-state index is 11.3. The Bertz CT molecular complexity index is 512. The Balaban J connectivity index is 3.07. The molecule has 1 aromatic rings. The van der Waals surface area contributed by atoms with Gasteiger partial charge in [0.15, 0.2) is 0 Å². The van der Waals surface area contributed by atoms with Crippen molar-refractivity contribution < 1.29 is 9.66 Å². The van der Waals surface area contributed by atoms with E-state index in [0.717, 1.165) is 25.7 Å². The molecule has 1 aromatic heterocycles. The average molecular weight is 310 g/mol. The quantitative estimate of drug-likeness (QED) is 0.447. The fourth-order valence-corrected chi connectivity index (χ4v) is 1.96. The van der Waals surface area contributed by atoms with Crippen LogP contribution < -0.4 is 10.1 Å². The Hall–Kier alpha value is -1.92. The lowest BCUT2D eigenvalue weighted by Gasteiger charge is -2.18. The average Bonchev–Trinajstić information content (AvgIpc) is 2.44. The normalized spacial score (nSPS) is 11.3. The Labute approximate surface area is 131 Å². The number of unbranched alkanes of at least 4 members (excludes halogenated alkanes) is 3. The van der Waals surface area contributed by atoms with Crippen molar-refractivity contribution in [1.82, 2.24) is 9.97 Å². The molecule has 1 rings (SSSR count). The molecule has 0 saturated carbocycles. The SMILES string of the molecule is CCCCCCNc1nc(C(C)(C)C)nc(OC)c1[N+](=O)[O-]. The molecule has 0 amide bonds. The summed E-state index contributed by atoms with van der Waals surface area (Å²) >= 11 is 0. The van der Waals surface area contributed by atoms with E-state index in [4.69, 9.17) is 4.74 Å². The van der Waals surface area contributed by atoms with E-state index in [9.17, 15) is 10.1 Å². The Morgan fingerprint density at radius 2 is 1.91 bits per heavy atom. The van der Waals surface area contributed by atoms with Crippen molar-refractivity contribution in [2.24, 2.45) is 0 Å². The Kier molecular flexibility index (Phi) is 6.52. The molecule has 0 unspecified atom stereocenters. The van der Waals surface area contributed by atoms with Crippen LogP contribution in [0.25, 0.3) is 0 Å². The van der Waals surface area contributed by atoms with Gasteiger partial charge in [-0.15, -0.1) is 0 Å². The van der Waals surface area contributed by atoms with Crippen LogP contribution >= 0.6 is 0 Å². The molecule has 22 heavy (non-hydrogen) atoms. The van der Waals surface area contributed by atoms with Gasteiger partial charge < -0.3 is 10.1 Å². The molecule has 1 heterocycles. The maximum atomic E-state index is 11.3. The summed E-state index contributed by atoms with van der Waals surface area (Å²) in [5.74, 6) is 0.755. The summed E-state index contributed by atoms with van der Waals surface area (Å²) in [5, 5.41) is 14.4. The summed E-state index contributed by atoms with van der Waals surface area (Å²) in [6, 6.07) is 0. The third-order valence-electron chi connectivity index (χ3n) is 3.22. The zero-order valence-corrected chi connectivity index (χ0v) is 14.1. The third kappa shape index (κ3) is 4.82. The molecule has 7 nitrogen and oxygen atoms in total. The maximum Gasteiger partial charge on any atom is 0.372 e. The van der Waals surface area contributed by atoms with Gasteiger partial charge in [0.2, 0.25) is 5.82 Å². The minimum atomic E-state index is -0.500. The summed E-state index contributed by atoms with van der Waals surface area (Å²) in [7, 11) is 1.38. The van der Waals surface area contributed by atoms with E-state index < -0.39 is 4.92 Å². The van der Waals surface area contributed by atoms with Crippen molar-refractivity contribution in [2.45, 2.75) is 58.8 Å². The molecule has 0 spiro atoms. The van der Waals surface area contributed by atoms with Crippen LogP contribution in [0.3, 0.4) is 0 Å². The molecule has 0 aliphatic carbocycles. The molecule has 7 heteroatoms. The van der Waals surface area contributed by atoms with E-state index in [1.165, 1.54) is 7.11 Å². The highest BCUT2D eigenvalue weighted by Gasteiger charge is 2.29. The first kappa shape index (κ1) is 18.1. The minimum absolute atomic E-state index is 0.000910. The zero-order valence-electron chi connectivity index (χ0n) is 14.1. The molecule has 0 aliphatic heterocycles. The molecule has 124 valence electrons. The topological polar surface area (TPSA) is 90.2 Å². The standard InChI is InChI=1S/C15H26N4O3/c1-6-7-8-9-10-16-12-11(19(20)21)13(22-5)18-14(17-12)15(2,3)4/h6-10H2,1-5H3,(H,16,17,18). The van der Waals surface area contributed by atoms with E-state index in [-0.39, 0.29) is 22.8 Å². The van der Waals surface area contributed by atoms with Gasteiger partial charge in [-0.25, -0.2) is 4.98 Å². The van der Waals surface area contributed by atoms with Gasteiger partial charge in [-0.3, -0.25) is 10.1 Å². The van der Waals surface area contributed by atoms with Crippen LogP contribution in [0, 0.1) is 10.1 Å². The predicted molar refractivity (Wildman–Crippen MR) is 86.6 cm³/mol. The number of hydrogen-bond acceptors (Lipinski definition) is 6. The summed E-state index contributed by atoms with van der Waals surface area (Å²) in [6.07, 6.45) is 4.34. The number of aromatic nitrogens is 2. The van der Waals surface area contributed by atoms with Crippen LogP contribution in [-0.4, -0.2) is 28.5 Å². The molecule has 0 aliphatic rings. The molecule has 0 radical (unpaired) electrons. The number of nitrogens with zero attached hydrogens (tertiary/aromatic N) is 3. The van der Waals surface area contributed by atoms with E-state index in [2.05, 4.69) is 22.2 Å². The number of hydrogen-bond donors (Lipinski definition) is 1. The summed E-state index contributed by atoms with van der Waals surface area (Å²) in [6.45, 7) is 8.66. The van der Waals surface area contributed by atoms with Crippen molar-refractivity contribution in [3.05, 3.63) is 15.9 Å². The predicted octanol–water partition coefficient (Wildman–Crippen LogP) is 3.68. The van der Waals surface area contributed by atoms with E-state index in [1.54, 1.807) is 0 Å². The fraction of sp³-hybridized carbons (Fsp3) is 0.733. The lowest BCUT2D eigenvalue weighted by Crippen LogP contribution is -2.19. The second-order valence-electron chi connectivity index (χ2n) is 6.25. The third-order valence-corrected chi connectivity index (χ3v) is 3.22. The van der Waals surface area contributed by atoms with E-state index in [0.29, 0.717) is 12.4 Å². The van der Waals surface area contributed by atoms with Gasteiger partial charge in [-0.05, 0) is 6.42 Å². The Morgan fingerprint density at radius 1 is 1.23 bits per heavy atom. The van der Waals surface area contributed by atoms with Crippen LogP contribution in [0.1, 0.15) is 59.2 Å². The number of nitrogens with one attached hydrogen (secondary N) is 1. The summed E-state index contributed by atoms with van der Waals surface area (Å²) < 4.78 is 5.10. The molecule has 0 saturated heterocycles. The zero-order chi connectivity index (χ0) is 16.8. The van der Waals surface area contributed by atoms with Gasteiger partial charge in [0, 0.05) is 12.0 Å². The lowest BCUT2D eigenvalue weighted by atomic mass is 9.96. The molecular weight excluding hydrogens is 284 g/mol. The second-order valence-corrected chi connectivity index (χ2v) is 6.25. The van der Waals surface area contributed by atoms with Crippen LogP contribution in [0.2, 0.25) is 0 Å². The first-order valence-electron chi connectivity index (χ1n) is 7.66. The molecule has 0 atom stereocenters. The van der Waals surface area contributed by atoms with Gasteiger partial charge >= 0.3 is 5.69 Å². The van der Waals surface area contributed by atoms with Crippen LogP contribution in [0.15, 0.2) is 0 Å². The molecule has 0 bridgehead atoms. The molecule has 0 aromatic carbocycles. The number of methoxy groups -OCH3 is 1. The number of anilines is 1. The first-order chi connectivity index (χ1) is 10.3. The second kappa shape index (κ2) is 7.91.